The number of benzene rings is 1. The SMILES string of the molecule is C#CCN(C)S(=O)(=O)c1cc(C)c(F)c(C(=O)O)c1. The topological polar surface area (TPSA) is 74.7 Å². The third-order valence-corrected chi connectivity index (χ3v) is 4.26. The molecule has 1 aromatic rings. The lowest BCUT2D eigenvalue weighted by Crippen LogP contribution is -2.27. The van der Waals surface area contributed by atoms with Crippen molar-refractivity contribution in [2.45, 2.75) is 11.8 Å². The van der Waals surface area contributed by atoms with E-state index in [1.165, 1.54) is 14.0 Å². The van der Waals surface area contributed by atoms with Gasteiger partial charge in [0.2, 0.25) is 10.0 Å². The highest BCUT2D eigenvalue weighted by molar-refractivity contribution is 7.89. The van der Waals surface area contributed by atoms with E-state index >= 15 is 0 Å². The molecular formula is C12H12FNO4S. The van der Waals surface area contributed by atoms with Crippen LogP contribution in [0.5, 0.6) is 0 Å². The van der Waals surface area contributed by atoms with Gasteiger partial charge in [-0.05, 0) is 24.6 Å². The van der Waals surface area contributed by atoms with Crippen molar-refractivity contribution >= 4 is 16.0 Å². The molecule has 0 unspecified atom stereocenters. The molecule has 0 amide bonds. The minimum Gasteiger partial charge on any atom is -0.478 e. The Morgan fingerprint density at radius 3 is 2.58 bits per heavy atom. The van der Waals surface area contributed by atoms with Crippen molar-refractivity contribution in [2.24, 2.45) is 0 Å². The van der Waals surface area contributed by atoms with Crippen LogP contribution in [0.4, 0.5) is 4.39 Å². The number of halogens is 1. The lowest BCUT2D eigenvalue weighted by atomic mass is 10.1. The molecule has 7 heteroatoms. The Bertz CT molecular complexity index is 661. The lowest BCUT2D eigenvalue weighted by molar-refractivity contribution is 0.0691. The molecule has 1 N–H and O–H groups in total. The first-order valence-corrected chi connectivity index (χ1v) is 6.59. The molecule has 0 bridgehead atoms. The van der Waals surface area contributed by atoms with E-state index in [1.54, 1.807) is 0 Å². The maximum absolute atomic E-state index is 13.5. The van der Waals surface area contributed by atoms with Crippen LogP contribution in [-0.4, -0.2) is 37.4 Å². The molecule has 0 aliphatic carbocycles. The number of sulfonamides is 1. The second-order valence-electron chi connectivity index (χ2n) is 3.87. The zero-order valence-electron chi connectivity index (χ0n) is 10.3. The molecule has 1 aromatic carbocycles. The highest BCUT2D eigenvalue weighted by Crippen LogP contribution is 2.21. The number of carbonyl (C=O) groups is 1. The second-order valence-corrected chi connectivity index (χ2v) is 5.92. The van der Waals surface area contributed by atoms with Crippen LogP contribution in [0.3, 0.4) is 0 Å². The Kier molecular flexibility index (Phi) is 4.29. The van der Waals surface area contributed by atoms with Crippen LogP contribution in [0.1, 0.15) is 15.9 Å². The fourth-order valence-corrected chi connectivity index (χ4v) is 2.63. The van der Waals surface area contributed by atoms with Gasteiger partial charge in [-0.2, -0.15) is 4.31 Å². The van der Waals surface area contributed by atoms with E-state index in [2.05, 4.69) is 5.92 Å². The van der Waals surface area contributed by atoms with E-state index in [4.69, 9.17) is 11.5 Å². The van der Waals surface area contributed by atoms with Crippen molar-refractivity contribution < 1.29 is 22.7 Å². The number of carboxylic acids is 1. The molecule has 5 nitrogen and oxygen atoms in total. The Hall–Kier alpha value is -1.91. The molecule has 1 rings (SSSR count). The smallest absolute Gasteiger partial charge is 0.338 e. The molecule has 0 aliphatic heterocycles. The zero-order valence-corrected chi connectivity index (χ0v) is 11.2. The predicted octanol–water partition coefficient (Wildman–Crippen LogP) is 1.09. The van der Waals surface area contributed by atoms with Crippen LogP contribution in [-0.2, 0) is 10.0 Å². The van der Waals surface area contributed by atoms with Crippen LogP contribution in [0, 0.1) is 25.1 Å². The summed E-state index contributed by atoms with van der Waals surface area (Å²) >= 11 is 0. The minimum absolute atomic E-state index is 0.0624. The highest BCUT2D eigenvalue weighted by Gasteiger charge is 2.24. The Morgan fingerprint density at radius 2 is 2.11 bits per heavy atom. The molecule has 0 spiro atoms. The van der Waals surface area contributed by atoms with Crippen LogP contribution >= 0.6 is 0 Å². The third-order valence-electron chi connectivity index (χ3n) is 2.48. The van der Waals surface area contributed by atoms with Crippen LogP contribution in [0.25, 0.3) is 0 Å². The van der Waals surface area contributed by atoms with Crippen molar-refractivity contribution in [3.05, 3.63) is 29.1 Å². The number of hydrogen-bond donors (Lipinski definition) is 1. The predicted molar refractivity (Wildman–Crippen MR) is 66.7 cm³/mol. The molecule has 0 radical (unpaired) electrons. The van der Waals surface area contributed by atoms with Crippen molar-refractivity contribution in [3.8, 4) is 12.3 Å². The van der Waals surface area contributed by atoms with E-state index in [-0.39, 0.29) is 17.0 Å². The van der Waals surface area contributed by atoms with Crippen LogP contribution in [0.2, 0.25) is 0 Å². The molecule has 0 aromatic heterocycles. The number of terminal acetylenes is 1. The van der Waals surface area contributed by atoms with E-state index in [9.17, 15) is 17.6 Å². The summed E-state index contributed by atoms with van der Waals surface area (Å²) in [5, 5.41) is 8.84. The van der Waals surface area contributed by atoms with Gasteiger partial charge in [0.15, 0.2) is 0 Å². The molecule has 0 heterocycles. The fraction of sp³-hybridized carbons (Fsp3) is 0.250. The van der Waals surface area contributed by atoms with Gasteiger partial charge in [-0.3, -0.25) is 0 Å². The third kappa shape index (κ3) is 2.92. The second kappa shape index (κ2) is 5.38. The fourth-order valence-electron chi connectivity index (χ4n) is 1.43. The molecule has 102 valence electrons. The van der Waals surface area contributed by atoms with E-state index in [0.717, 1.165) is 16.4 Å². The summed E-state index contributed by atoms with van der Waals surface area (Å²) in [6.07, 6.45) is 5.03. The number of nitrogens with zero attached hydrogens (tertiary/aromatic N) is 1. The van der Waals surface area contributed by atoms with Gasteiger partial charge in [-0.25, -0.2) is 17.6 Å². The maximum atomic E-state index is 13.5. The zero-order chi connectivity index (χ0) is 14.8. The van der Waals surface area contributed by atoms with Gasteiger partial charge in [0, 0.05) is 7.05 Å². The van der Waals surface area contributed by atoms with E-state index in [0.29, 0.717) is 0 Å². The molecule has 0 saturated heterocycles. The van der Waals surface area contributed by atoms with Crippen molar-refractivity contribution in [1.82, 2.24) is 4.31 Å². The summed E-state index contributed by atoms with van der Waals surface area (Å²) in [6, 6.07) is 1.86. The maximum Gasteiger partial charge on any atom is 0.338 e. The number of aromatic carboxylic acids is 1. The van der Waals surface area contributed by atoms with Crippen molar-refractivity contribution in [1.29, 1.82) is 0 Å². The number of aryl methyl sites for hydroxylation is 1. The summed E-state index contributed by atoms with van der Waals surface area (Å²) < 4.78 is 38.6. The van der Waals surface area contributed by atoms with E-state index in [1.807, 2.05) is 0 Å². The quantitative estimate of drug-likeness (QED) is 0.840. The molecule has 0 aliphatic rings. The van der Waals surface area contributed by atoms with Gasteiger partial charge < -0.3 is 5.11 Å². The minimum atomic E-state index is -3.94. The largest absolute Gasteiger partial charge is 0.478 e. The van der Waals surface area contributed by atoms with Gasteiger partial charge in [0.05, 0.1) is 17.0 Å². The van der Waals surface area contributed by atoms with Gasteiger partial charge in [0.1, 0.15) is 5.82 Å². The molecule has 19 heavy (non-hydrogen) atoms. The molecule has 0 fully saturated rings. The monoisotopic (exact) mass is 285 g/mol. The first-order valence-electron chi connectivity index (χ1n) is 5.15. The number of rotatable bonds is 4. The summed E-state index contributed by atoms with van der Waals surface area (Å²) in [5.74, 6) is -0.320. The molecule has 0 atom stereocenters. The number of carboxylic acid groups (broad SMARTS) is 1. The summed E-state index contributed by atoms with van der Waals surface area (Å²) in [7, 11) is -2.68. The van der Waals surface area contributed by atoms with Gasteiger partial charge in [0.25, 0.3) is 0 Å². The highest BCUT2D eigenvalue weighted by atomic mass is 32.2. The Balaban J connectivity index is 3.46. The Morgan fingerprint density at radius 1 is 1.53 bits per heavy atom. The summed E-state index contributed by atoms with van der Waals surface area (Å²) in [5.41, 5.74) is -0.750. The first kappa shape index (κ1) is 15.1. The normalized spacial score (nSPS) is 11.3. The lowest BCUT2D eigenvalue weighted by Gasteiger charge is -2.15. The standard InChI is InChI=1S/C12H12FNO4S/c1-4-5-14(3)19(17,18)9-6-8(2)11(13)10(7-9)12(15)16/h1,6-7H,5H2,2-3H3,(H,15,16). The van der Waals surface area contributed by atoms with Crippen LogP contribution in [0.15, 0.2) is 17.0 Å². The van der Waals surface area contributed by atoms with E-state index < -0.39 is 27.4 Å². The summed E-state index contributed by atoms with van der Waals surface area (Å²) in [6.45, 7) is 1.13. The molecular weight excluding hydrogens is 273 g/mol. The van der Waals surface area contributed by atoms with Gasteiger partial charge in [-0.15, -0.1) is 6.42 Å². The van der Waals surface area contributed by atoms with Crippen molar-refractivity contribution in [2.75, 3.05) is 13.6 Å². The van der Waals surface area contributed by atoms with Gasteiger partial charge >= 0.3 is 5.97 Å². The van der Waals surface area contributed by atoms with Gasteiger partial charge in [-0.1, -0.05) is 5.92 Å². The Labute approximate surface area is 110 Å². The molecule has 0 saturated carbocycles. The summed E-state index contributed by atoms with van der Waals surface area (Å²) in [4.78, 5) is 10.6. The van der Waals surface area contributed by atoms with Crippen LogP contribution < -0.4 is 0 Å². The number of hydrogen-bond acceptors (Lipinski definition) is 3. The average molecular weight is 285 g/mol. The first-order chi connectivity index (χ1) is 8.71. The average Bonchev–Trinajstić information content (AvgIpc) is 2.32. The van der Waals surface area contributed by atoms with Crippen molar-refractivity contribution in [3.63, 3.8) is 0 Å².